The molecule has 0 amide bonds. The van der Waals surface area contributed by atoms with Gasteiger partial charge in [-0.2, -0.15) is 0 Å². The Kier molecular flexibility index (Phi) is 9.53. The number of unbranched alkanes of at least 4 members (excludes halogenated alkanes) is 4. The third-order valence-corrected chi connectivity index (χ3v) is 5.50. The van der Waals surface area contributed by atoms with Gasteiger partial charge in [0, 0.05) is 6.42 Å². The highest BCUT2D eigenvalue weighted by molar-refractivity contribution is 5.49. The molecule has 24 heavy (non-hydrogen) atoms. The Hall–Kier alpha value is -1.37. The highest BCUT2D eigenvalue weighted by Crippen LogP contribution is 2.37. The van der Waals surface area contributed by atoms with Gasteiger partial charge < -0.3 is 4.79 Å². The third kappa shape index (κ3) is 7.47. The van der Waals surface area contributed by atoms with Gasteiger partial charge in [-0.05, 0) is 55.9 Å². The van der Waals surface area contributed by atoms with Crippen LogP contribution in [0.2, 0.25) is 0 Å². The second kappa shape index (κ2) is 12.1. The van der Waals surface area contributed by atoms with E-state index in [2.05, 4.69) is 42.5 Å². The molecule has 2 atom stereocenters. The van der Waals surface area contributed by atoms with Crippen LogP contribution in [0.4, 0.5) is 0 Å². The third-order valence-electron chi connectivity index (χ3n) is 5.50. The van der Waals surface area contributed by atoms with Gasteiger partial charge in [-0.3, -0.25) is 0 Å². The quantitative estimate of drug-likeness (QED) is 0.243. The minimum absolute atomic E-state index is 0.708. The van der Waals surface area contributed by atoms with Crippen molar-refractivity contribution in [2.75, 3.05) is 0 Å². The van der Waals surface area contributed by atoms with E-state index in [1.807, 2.05) is 0 Å². The lowest BCUT2D eigenvalue weighted by molar-refractivity contribution is -0.107. The molecule has 2 rings (SSSR count). The Morgan fingerprint density at radius 1 is 0.875 bits per heavy atom. The first kappa shape index (κ1) is 19.0. The van der Waals surface area contributed by atoms with Crippen LogP contribution in [0.5, 0.6) is 0 Å². The lowest BCUT2D eigenvalue weighted by Gasteiger charge is -2.18. The molecule has 0 saturated heterocycles. The summed E-state index contributed by atoms with van der Waals surface area (Å²) in [5.41, 5.74) is 1.48. The van der Waals surface area contributed by atoms with E-state index in [-0.39, 0.29) is 0 Å². The molecule has 1 heteroatoms. The van der Waals surface area contributed by atoms with Gasteiger partial charge in [0.25, 0.3) is 0 Å². The molecule has 0 N–H and O–H groups in total. The number of allylic oxidation sites excluding steroid dienone is 2. The van der Waals surface area contributed by atoms with Gasteiger partial charge in [-0.25, -0.2) is 0 Å². The lowest BCUT2D eigenvalue weighted by atomic mass is 9.88. The predicted octanol–water partition coefficient (Wildman–Crippen LogP) is 6.52. The van der Waals surface area contributed by atoms with Crippen LogP contribution in [0, 0.1) is 11.8 Å². The number of rotatable bonds is 12. The summed E-state index contributed by atoms with van der Waals surface area (Å²) in [5.74, 6) is 1.88. The molecule has 0 aliphatic heterocycles. The van der Waals surface area contributed by atoms with Gasteiger partial charge in [-0.15, -0.1) is 0 Å². The summed E-state index contributed by atoms with van der Waals surface area (Å²) >= 11 is 0. The Labute approximate surface area is 148 Å². The summed E-state index contributed by atoms with van der Waals surface area (Å²) in [5, 5.41) is 0. The van der Waals surface area contributed by atoms with E-state index in [1.54, 1.807) is 0 Å². The molecule has 0 heterocycles. The molecule has 1 saturated carbocycles. The van der Waals surface area contributed by atoms with Crippen LogP contribution in [0.3, 0.4) is 0 Å². The highest BCUT2D eigenvalue weighted by Gasteiger charge is 2.25. The molecule has 1 aliphatic carbocycles. The van der Waals surface area contributed by atoms with E-state index in [1.165, 1.54) is 63.4 Å². The smallest absolute Gasteiger partial charge is 0.120 e. The van der Waals surface area contributed by atoms with Gasteiger partial charge in [0.2, 0.25) is 0 Å². The van der Waals surface area contributed by atoms with Crippen molar-refractivity contribution in [3.63, 3.8) is 0 Å². The Morgan fingerprint density at radius 3 is 2.54 bits per heavy atom. The number of hydrogen-bond acceptors (Lipinski definition) is 1. The SMILES string of the molecule is O=CCCC/C=C\C[C@H]1CCC[C@@H]1CCCCCc1ccccc1. The Morgan fingerprint density at radius 2 is 1.71 bits per heavy atom. The fourth-order valence-electron chi connectivity index (χ4n) is 4.07. The number of carbonyl (C=O) groups is 1. The molecular formula is C23H34O. The van der Waals surface area contributed by atoms with E-state index in [0.717, 1.165) is 31.0 Å². The number of benzene rings is 1. The molecule has 0 radical (unpaired) electrons. The van der Waals surface area contributed by atoms with Gasteiger partial charge >= 0.3 is 0 Å². The van der Waals surface area contributed by atoms with Gasteiger partial charge in [0.05, 0.1) is 0 Å². The summed E-state index contributed by atoms with van der Waals surface area (Å²) < 4.78 is 0. The average molecular weight is 327 g/mol. The molecule has 0 unspecified atom stereocenters. The van der Waals surface area contributed by atoms with Crippen molar-refractivity contribution in [2.24, 2.45) is 11.8 Å². The fraction of sp³-hybridized carbons (Fsp3) is 0.609. The van der Waals surface area contributed by atoms with Crippen molar-refractivity contribution >= 4 is 6.29 Å². The number of aldehydes is 1. The van der Waals surface area contributed by atoms with Crippen molar-refractivity contribution in [1.29, 1.82) is 0 Å². The maximum atomic E-state index is 10.3. The molecule has 0 spiro atoms. The van der Waals surface area contributed by atoms with E-state index >= 15 is 0 Å². The topological polar surface area (TPSA) is 17.1 Å². The molecule has 1 aliphatic rings. The zero-order chi connectivity index (χ0) is 16.9. The number of aryl methyl sites for hydroxylation is 1. The normalized spacial score (nSPS) is 20.7. The van der Waals surface area contributed by atoms with Crippen LogP contribution in [0.1, 0.15) is 76.2 Å². The largest absolute Gasteiger partial charge is 0.303 e. The zero-order valence-electron chi connectivity index (χ0n) is 15.2. The van der Waals surface area contributed by atoms with Crippen molar-refractivity contribution in [2.45, 2.75) is 77.0 Å². The van der Waals surface area contributed by atoms with Crippen molar-refractivity contribution in [3.05, 3.63) is 48.0 Å². The summed E-state index contributed by atoms with van der Waals surface area (Å²) in [6.07, 6.45) is 20.8. The van der Waals surface area contributed by atoms with Crippen LogP contribution in [0.25, 0.3) is 0 Å². The first-order valence-corrected chi connectivity index (χ1v) is 10.0. The summed E-state index contributed by atoms with van der Waals surface area (Å²) in [6, 6.07) is 10.9. The number of hydrogen-bond donors (Lipinski definition) is 0. The van der Waals surface area contributed by atoms with Gasteiger partial charge in [0.15, 0.2) is 0 Å². The molecule has 1 nitrogen and oxygen atoms in total. The Balaban J connectivity index is 1.55. The first-order chi connectivity index (χ1) is 11.9. The maximum Gasteiger partial charge on any atom is 0.120 e. The summed E-state index contributed by atoms with van der Waals surface area (Å²) in [7, 11) is 0. The molecule has 1 aromatic rings. The lowest BCUT2D eigenvalue weighted by Crippen LogP contribution is -2.07. The first-order valence-electron chi connectivity index (χ1n) is 10.0. The molecule has 0 aromatic heterocycles. The second-order valence-electron chi connectivity index (χ2n) is 7.34. The van der Waals surface area contributed by atoms with Gasteiger partial charge in [-0.1, -0.05) is 74.6 Å². The van der Waals surface area contributed by atoms with E-state index in [0.29, 0.717) is 6.42 Å². The van der Waals surface area contributed by atoms with Crippen LogP contribution >= 0.6 is 0 Å². The maximum absolute atomic E-state index is 10.3. The molecule has 132 valence electrons. The minimum Gasteiger partial charge on any atom is -0.303 e. The Bertz CT molecular complexity index is 462. The van der Waals surface area contributed by atoms with Crippen LogP contribution < -0.4 is 0 Å². The van der Waals surface area contributed by atoms with Crippen molar-refractivity contribution < 1.29 is 4.79 Å². The van der Waals surface area contributed by atoms with E-state index < -0.39 is 0 Å². The molecule has 0 bridgehead atoms. The van der Waals surface area contributed by atoms with Crippen LogP contribution in [-0.2, 0) is 11.2 Å². The summed E-state index contributed by atoms with van der Waals surface area (Å²) in [4.78, 5) is 10.3. The number of carbonyl (C=O) groups excluding carboxylic acids is 1. The monoisotopic (exact) mass is 326 g/mol. The molecule has 1 fully saturated rings. The standard InChI is InChI=1S/C23H34O/c24-20-11-3-1-2-9-16-22-18-12-19-23(22)17-10-5-8-15-21-13-6-4-7-14-21/h2,4,6-7,9,13-14,20,22-23H,1,3,5,8,10-12,15-19H2/b9-2-/t22-,23-/m0/s1. The van der Waals surface area contributed by atoms with Crippen LogP contribution in [0.15, 0.2) is 42.5 Å². The van der Waals surface area contributed by atoms with Crippen LogP contribution in [-0.4, -0.2) is 6.29 Å². The minimum atomic E-state index is 0.708. The van der Waals surface area contributed by atoms with Crippen molar-refractivity contribution in [1.82, 2.24) is 0 Å². The molecular weight excluding hydrogens is 292 g/mol. The highest BCUT2D eigenvalue weighted by atomic mass is 16.1. The zero-order valence-corrected chi connectivity index (χ0v) is 15.2. The fourth-order valence-corrected chi connectivity index (χ4v) is 4.07. The second-order valence-corrected chi connectivity index (χ2v) is 7.34. The summed E-state index contributed by atoms with van der Waals surface area (Å²) in [6.45, 7) is 0. The van der Waals surface area contributed by atoms with E-state index in [9.17, 15) is 4.79 Å². The van der Waals surface area contributed by atoms with Gasteiger partial charge in [0.1, 0.15) is 6.29 Å². The van der Waals surface area contributed by atoms with E-state index in [4.69, 9.17) is 0 Å². The average Bonchev–Trinajstić information content (AvgIpc) is 3.06. The van der Waals surface area contributed by atoms with Crippen molar-refractivity contribution in [3.8, 4) is 0 Å². The predicted molar refractivity (Wildman–Crippen MR) is 103 cm³/mol. The molecule has 1 aromatic carbocycles.